The van der Waals surface area contributed by atoms with Crippen LogP contribution >= 0.6 is 0 Å². The van der Waals surface area contributed by atoms with E-state index in [0.717, 1.165) is 16.7 Å². The maximum atomic E-state index is 5.02. The van der Waals surface area contributed by atoms with E-state index in [9.17, 15) is 0 Å². The van der Waals surface area contributed by atoms with Crippen molar-refractivity contribution in [2.45, 2.75) is 38.5 Å². The van der Waals surface area contributed by atoms with Crippen LogP contribution in [0.2, 0.25) is 0 Å². The Morgan fingerprint density at radius 3 is 1.61 bits per heavy atom. The molecule has 0 saturated heterocycles. The lowest BCUT2D eigenvalue weighted by atomic mass is 9.54. The smallest absolute Gasteiger partial charge is 0.164 e. The molecule has 1 aliphatic carbocycles. The van der Waals surface area contributed by atoms with E-state index in [4.69, 9.17) is 15.0 Å². The van der Waals surface area contributed by atoms with Crippen molar-refractivity contribution >= 4 is 21.5 Å². The highest BCUT2D eigenvalue weighted by atomic mass is 15.0. The second-order valence-electron chi connectivity index (χ2n) is 12.9. The Hall–Kier alpha value is -5.15. The summed E-state index contributed by atoms with van der Waals surface area (Å²) in [7, 11) is 0. The second-order valence-corrected chi connectivity index (χ2v) is 12.9. The van der Waals surface area contributed by atoms with E-state index in [1.54, 1.807) is 0 Å². The van der Waals surface area contributed by atoms with Gasteiger partial charge in [0.25, 0.3) is 0 Å². The van der Waals surface area contributed by atoms with Crippen LogP contribution in [0.5, 0.6) is 0 Å². The van der Waals surface area contributed by atoms with E-state index >= 15 is 0 Å². The zero-order chi connectivity index (χ0) is 30.1. The number of aromatic nitrogens is 3. The van der Waals surface area contributed by atoms with Gasteiger partial charge in [-0.25, -0.2) is 15.0 Å². The Kier molecular flexibility index (Phi) is 5.83. The topological polar surface area (TPSA) is 38.7 Å². The minimum Gasteiger partial charge on any atom is -0.208 e. The highest BCUT2D eigenvalue weighted by Crippen LogP contribution is 2.56. The molecule has 1 heterocycles. The molecular formula is C41H33N3. The van der Waals surface area contributed by atoms with E-state index in [-0.39, 0.29) is 10.8 Å². The summed E-state index contributed by atoms with van der Waals surface area (Å²) in [5.41, 5.74) is 7.97. The van der Waals surface area contributed by atoms with Crippen molar-refractivity contribution in [1.29, 1.82) is 0 Å². The first-order valence-electron chi connectivity index (χ1n) is 15.3. The van der Waals surface area contributed by atoms with Gasteiger partial charge in [-0.1, -0.05) is 149 Å². The van der Waals surface area contributed by atoms with Gasteiger partial charge in [0.05, 0.1) is 0 Å². The summed E-state index contributed by atoms with van der Waals surface area (Å²) in [6, 6.07) is 45.1. The third kappa shape index (κ3) is 3.92. The molecule has 7 aromatic rings. The normalized spacial score (nSPS) is 14.7. The summed E-state index contributed by atoms with van der Waals surface area (Å²) in [6.45, 7) is 9.58. The third-order valence-electron chi connectivity index (χ3n) is 10.1. The lowest BCUT2D eigenvalue weighted by molar-refractivity contribution is 0.301. The number of rotatable bonds is 3. The van der Waals surface area contributed by atoms with E-state index in [0.29, 0.717) is 17.5 Å². The number of nitrogens with zero attached hydrogens (tertiary/aromatic N) is 3. The van der Waals surface area contributed by atoms with Crippen LogP contribution in [0, 0.1) is 0 Å². The van der Waals surface area contributed by atoms with Gasteiger partial charge >= 0.3 is 0 Å². The second kappa shape index (κ2) is 9.68. The van der Waals surface area contributed by atoms with Crippen molar-refractivity contribution in [3.05, 3.63) is 139 Å². The van der Waals surface area contributed by atoms with Crippen molar-refractivity contribution in [3.8, 4) is 45.3 Å². The van der Waals surface area contributed by atoms with Gasteiger partial charge < -0.3 is 0 Å². The van der Waals surface area contributed by atoms with Crippen molar-refractivity contribution in [3.63, 3.8) is 0 Å². The quantitative estimate of drug-likeness (QED) is 0.199. The van der Waals surface area contributed by atoms with Crippen LogP contribution in [-0.2, 0) is 10.8 Å². The Morgan fingerprint density at radius 1 is 0.409 bits per heavy atom. The maximum absolute atomic E-state index is 5.02. The predicted octanol–water partition coefficient (Wildman–Crippen LogP) is 10.4. The van der Waals surface area contributed by atoms with Gasteiger partial charge in [-0.15, -0.1) is 0 Å². The van der Waals surface area contributed by atoms with Crippen LogP contribution in [0.4, 0.5) is 0 Å². The molecule has 0 unspecified atom stereocenters. The largest absolute Gasteiger partial charge is 0.208 e. The Labute approximate surface area is 258 Å². The molecule has 0 radical (unpaired) electrons. The van der Waals surface area contributed by atoms with E-state index in [2.05, 4.69) is 119 Å². The van der Waals surface area contributed by atoms with Crippen molar-refractivity contribution in [2.24, 2.45) is 0 Å². The fraction of sp³-hybridized carbons (Fsp3) is 0.146. The fourth-order valence-electron chi connectivity index (χ4n) is 7.01. The van der Waals surface area contributed by atoms with Crippen LogP contribution < -0.4 is 0 Å². The zero-order valence-corrected chi connectivity index (χ0v) is 25.5. The van der Waals surface area contributed by atoms with Gasteiger partial charge in [-0.05, 0) is 55.3 Å². The molecule has 212 valence electrons. The Bertz CT molecular complexity index is 2160. The van der Waals surface area contributed by atoms with Gasteiger partial charge in [0.15, 0.2) is 17.5 Å². The number of fused-ring (bicyclic) bond motifs is 7. The SMILES string of the molecule is CC1(C)c2cc(-c3nc(-c4ccccc4)nc(-c4ccccc4)n3)ccc2-c2ccc3c(ccc4ccccc43)c2C1(C)C. The third-order valence-corrected chi connectivity index (χ3v) is 10.1. The standard InChI is InChI=1S/C41H33N3/c1-40(2)35-25-29(39-43-37(27-14-7-5-8-15-27)42-38(44-39)28-16-9-6-10-17-28)20-21-32(35)34-24-23-31-30-18-12-11-13-26(30)19-22-33(31)36(34)41(40,3)4/h5-25H,1-4H3. The molecule has 0 N–H and O–H groups in total. The molecule has 44 heavy (non-hydrogen) atoms. The molecular weight excluding hydrogens is 534 g/mol. The van der Waals surface area contributed by atoms with Crippen LogP contribution in [0.15, 0.2) is 127 Å². The first-order valence-corrected chi connectivity index (χ1v) is 15.3. The number of hydrogen-bond donors (Lipinski definition) is 0. The monoisotopic (exact) mass is 567 g/mol. The summed E-state index contributed by atoms with van der Waals surface area (Å²) < 4.78 is 0. The lowest BCUT2D eigenvalue weighted by Crippen LogP contribution is -2.43. The van der Waals surface area contributed by atoms with Gasteiger partial charge in [0, 0.05) is 22.1 Å². The lowest BCUT2D eigenvalue weighted by Gasteiger charge is -2.49. The van der Waals surface area contributed by atoms with Crippen molar-refractivity contribution in [1.82, 2.24) is 15.0 Å². The van der Waals surface area contributed by atoms with Crippen molar-refractivity contribution < 1.29 is 0 Å². The van der Waals surface area contributed by atoms with E-state index < -0.39 is 0 Å². The number of hydrogen-bond acceptors (Lipinski definition) is 3. The molecule has 0 fully saturated rings. The fourth-order valence-corrected chi connectivity index (χ4v) is 7.01. The molecule has 0 bridgehead atoms. The van der Waals surface area contributed by atoms with Gasteiger partial charge in [0.1, 0.15) is 0 Å². The maximum Gasteiger partial charge on any atom is 0.164 e. The summed E-state index contributed by atoms with van der Waals surface area (Å²) in [5, 5.41) is 5.24. The summed E-state index contributed by atoms with van der Waals surface area (Å²) in [4.78, 5) is 14.9. The van der Waals surface area contributed by atoms with Crippen LogP contribution in [0.25, 0.3) is 66.8 Å². The molecule has 3 nitrogen and oxygen atoms in total. The summed E-state index contributed by atoms with van der Waals surface area (Å²) in [6.07, 6.45) is 0. The molecule has 0 amide bonds. The molecule has 0 saturated carbocycles. The summed E-state index contributed by atoms with van der Waals surface area (Å²) in [5.74, 6) is 2.04. The van der Waals surface area contributed by atoms with Gasteiger partial charge in [-0.2, -0.15) is 0 Å². The number of benzene rings is 6. The van der Waals surface area contributed by atoms with E-state index in [1.807, 2.05) is 36.4 Å². The molecule has 3 heteroatoms. The average molecular weight is 568 g/mol. The predicted molar refractivity (Wildman–Crippen MR) is 183 cm³/mol. The van der Waals surface area contributed by atoms with Crippen LogP contribution in [0.3, 0.4) is 0 Å². The molecule has 0 spiro atoms. The minimum atomic E-state index is -0.164. The van der Waals surface area contributed by atoms with Gasteiger partial charge in [-0.3, -0.25) is 0 Å². The minimum absolute atomic E-state index is 0.139. The highest BCUT2D eigenvalue weighted by molar-refractivity contribution is 6.10. The molecule has 8 rings (SSSR count). The Morgan fingerprint density at radius 2 is 0.955 bits per heavy atom. The molecule has 1 aliphatic rings. The summed E-state index contributed by atoms with van der Waals surface area (Å²) >= 11 is 0. The Balaban J connectivity index is 1.35. The highest BCUT2D eigenvalue weighted by Gasteiger charge is 2.46. The first kappa shape index (κ1) is 26.5. The average Bonchev–Trinajstić information content (AvgIpc) is 3.07. The van der Waals surface area contributed by atoms with Gasteiger partial charge in [0.2, 0.25) is 0 Å². The van der Waals surface area contributed by atoms with Crippen LogP contribution in [-0.4, -0.2) is 15.0 Å². The zero-order valence-electron chi connectivity index (χ0n) is 25.5. The molecule has 6 aromatic carbocycles. The molecule has 1 aromatic heterocycles. The van der Waals surface area contributed by atoms with Crippen LogP contribution in [0.1, 0.15) is 38.8 Å². The molecule has 0 atom stereocenters. The molecule has 0 aliphatic heterocycles. The first-order chi connectivity index (χ1) is 21.3. The van der Waals surface area contributed by atoms with Crippen molar-refractivity contribution in [2.75, 3.05) is 0 Å². The van der Waals surface area contributed by atoms with E-state index in [1.165, 1.54) is 43.8 Å².